The van der Waals surface area contributed by atoms with Gasteiger partial charge in [-0.25, -0.2) is 4.79 Å². The van der Waals surface area contributed by atoms with Gasteiger partial charge in [0.05, 0.1) is 0 Å². The Bertz CT molecular complexity index is 42.3. The van der Waals surface area contributed by atoms with Gasteiger partial charge < -0.3 is 10.2 Å². The van der Waals surface area contributed by atoms with Crippen LogP contribution in [0.4, 0.5) is 4.79 Å². The molecule has 0 saturated heterocycles. The summed E-state index contributed by atoms with van der Waals surface area (Å²) < 4.78 is 0. The number of carboxylic acid groups (broad SMARTS) is 2. The van der Waals surface area contributed by atoms with Gasteiger partial charge in [0, 0.05) is 70.1 Å². The molecule has 0 rings (SSSR count). The first-order valence-corrected chi connectivity index (χ1v) is 0.651. The predicted molar refractivity (Wildman–Crippen MR) is 10.7 cm³/mol. The maximum Gasteiger partial charge on any atom is 0.503 e. The molecule has 0 heterocycles. The number of hydrogen-bond donors (Lipinski definition) is 2. The molecular weight excluding hydrogens is 303 g/mol. The largest absolute Gasteiger partial charge is 0.503 e. The average Bonchev–Trinajstić information content (AvgIpc) is 0.811. The molecule has 2 radical (unpaired) electrons. The minimum absolute atomic E-state index is 0. The van der Waals surface area contributed by atoms with E-state index in [1.807, 2.05) is 0 Å². The van der Waals surface area contributed by atoms with Crippen molar-refractivity contribution in [3.05, 3.63) is 0 Å². The second-order valence-corrected chi connectivity index (χ2v) is 0.283. The molecule has 8 heavy (non-hydrogen) atoms. The number of carbonyl (C=O) groups is 1. The van der Waals surface area contributed by atoms with Crippen LogP contribution in [0.1, 0.15) is 0 Å². The van der Waals surface area contributed by atoms with Crippen LogP contribution in [0, 0.1) is 0 Å². The topological polar surface area (TPSA) is 57.5 Å². The fraction of sp³-hybridized carbons (Fsp3) is 0. The molecule has 0 saturated carbocycles. The Labute approximate surface area is 90.6 Å². The van der Waals surface area contributed by atoms with E-state index in [1.165, 1.54) is 0 Å². The van der Waals surface area contributed by atoms with Crippen LogP contribution < -0.4 is 0 Å². The van der Waals surface area contributed by atoms with Crippen molar-refractivity contribution in [3.63, 3.8) is 0 Å². The Morgan fingerprint density at radius 1 is 1.25 bits per heavy atom. The van der Waals surface area contributed by atoms with Gasteiger partial charge in [-0.3, -0.25) is 0 Å². The molecule has 0 spiro atoms. The molecule has 0 aliphatic carbocycles. The first-order chi connectivity index (χ1) is 1.73. The molecular formula is CH2CuMnNiO3Zn. The van der Waals surface area contributed by atoms with E-state index >= 15 is 0 Å². The summed E-state index contributed by atoms with van der Waals surface area (Å²) in [5, 5.41) is 13.9. The second-order valence-electron chi connectivity index (χ2n) is 0.283. The van der Waals surface area contributed by atoms with Gasteiger partial charge >= 0.3 is 6.16 Å². The summed E-state index contributed by atoms with van der Waals surface area (Å²) in [6.45, 7) is 0. The maximum atomic E-state index is 8.56. The quantitative estimate of drug-likeness (QED) is 0.629. The van der Waals surface area contributed by atoms with Gasteiger partial charge in [-0.15, -0.1) is 0 Å². The Balaban J connectivity index is -0.00000000750. The zero-order chi connectivity index (χ0) is 3.58. The fourth-order valence-electron chi connectivity index (χ4n) is 0. The summed E-state index contributed by atoms with van der Waals surface area (Å²) in [6, 6.07) is 0. The molecule has 7 heteroatoms. The average molecular weight is 305 g/mol. The van der Waals surface area contributed by atoms with Crippen LogP contribution in [0.3, 0.4) is 0 Å². The van der Waals surface area contributed by atoms with Gasteiger partial charge in [0.15, 0.2) is 0 Å². The molecule has 54 valence electrons. The van der Waals surface area contributed by atoms with Crippen molar-refractivity contribution in [2.75, 3.05) is 0 Å². The summed E-state index contributed by atoms with van der Waals surface area (Å²) in [5.74, 6) is 0. The van der Waals surface area contributed by atoms with Gasteiger partial charge in [0.2, 0.25) is 0 Å². The van der Waals surface area contributed by atoms with Gasteiger partial charge in [-0.2, -0.15) is 0 Å². The smallest absolute Gasteiger partial charge is 0.450 e. The van der Waals surface area contributed by atoms with Crippen LogP contribution >= 0.6 is 0 Å². The molecule has 0 aromatic carbocycles. The van der Waals surface area contributed by atoms with E-state index in [1.54, 1.807) is 0 Å². The third-order valence-electron chi connectivity index (χ3n) is 0. The van der Waals surface area contributed by atoms with Crippen molar-refractivity contribution in [1.82, 2.24) is 0 Å². The Kier molecular flexibility index (Phi) is 101. The van der Waals surface area contributed by atoms with Crippen molar-refractivity contribution in [1.29, 1.82) is 0 Å². The van der Waals surface area contributed by atoms with Crippen molar-refractivity contribution in [3.8, 4) is 0 Å². The molecule has 0 aromatic heterocycles. The van der Waals surface area contributed by atoms with Crippen molar-refractivity contribution in [2.45, 2.75) is 0 Å². The third-order valence-corrected chi connectivity index (χ3v) is 0. The number of hydrogen-bond acceptors (Lipinski definition) is 1. The molecule has 0 aliphatic rings. The standard InChI is InChI=1S/CH2O3.Cu.Mn.Ni.Zn/c2-1(3)4;;;;/h(H2,2,3,4);;;;. The van der Waals surface area contributed by atoms with Gasteiger partial charge in [-0.1, -0.05) is 0 Å². The predicted octanol–water partition coefficient (Wildman–Crippen LogP) is 0.212. The Morgan fingerprint density at radius 2 is 1.25 bits per heavy atom. The van der Waals surface area contributed by atoms with E-state index in [-0.39, 0.29) is 70.1 Å². The monoisotopic (exact) mass is 302 g/mol. The normalized spacial score (nSPS) is 3.00. The van der Waals surface area contributed by atoms with E-state index < -0.39 is 6.16 Å². The molecule has 3 nitrogen and oxygen atoms in total. The molecule has 0 aliphatic heterocycles. The first kappa shape index (κ1) is 34.2. The summed E-state index contributed by atoms with van der Waals surface area (Å²) >= 11 is 0. The zero-order valence-electron chi connectivity index (χ0n) is 3.51. The van der Waals surface area contributed by atoms with Crippen molar-refractivity contribution in [2.24, 2.45) is 0 Å². The molecule has 0 fully saturated rings. The van der Waals surface area contributed by atoms with Crippen LogP contribution in [0.2, 0.25) is 0 Å². The SMILES string of the molecule is O=C(O)O.[Cu].[Mn].[Ni].[Zn]. The van der Waals surface area contributed by atoms with Crippen LogP contribution in [-0.4, -0.2) is 16.4 Å². The van der Waals surface area contributed by atoms with Crippen LogP contribution in [0.5, 0.6) is 0 Å². The second kappa shape index (κ2) is 23.7. The zero-order valence-corrected chi connectivity index (χ0v) is 9.58. The maximum absolute atomic E-state index is 8.56. The molecule has 0 amide bonds. The van der Waals surface area contributed by atoms with E-state index in [0.29, 0.717) is 0 Å². The van der Waals surface area contributed by atoms with Gasteiger partial charge in [0.1, 0.15) is 0 Å². The van der Waals surface area contributed by atoms with Crippen molar-refractivity contribution >= 4 is 6.16 Å². The van der Waals surface area contributed by atoms with Gasteiger partial charge in [-0.05, 0) is 0 Å². The molecule has 0 aromatic rings. The van der Waals surface area contributed by atoms with E-state index in [0.717, 1.165) is 0 Å². The Morgan fingerprint density at radius 3 is 1.25 bits per heavy atom. The number of rotatable bonds is 0. The summed E-state index contributed by atoms with van der Waals surface area (Å²) in [7, 11) is 0. The van der Waals surface area contributed by atoms with Crippen LogP contribution in [0.25, 0.3) is 0 Å². The first-order valence-electron chi connectivity index (χ1n) is 0.651. The summed E-state index contributed by atoms with van der Waals surface area (Å²) in [5.41, 5.74) is 0. The summed E-state index contributed by atoms with van der Waals surface area (Å²) in [6.07, 6.45) is -1.83. The van der Waals surface area contributed by atoms with E-state index in [2.05, 4.69) is 0 Å². The van der Waals surface area contributed by atoms with Crippen LogP contribution in [0.15, 0.2) is 0 Å². The minimum Gasteiger partial charge on any atom is -0.450 e. The van der Waals surface area contributed by atoms with E-state index in [9.17, 15) is 0 Å². The van der Waals surface area contributed by atoms with Crippen LogP contribution in [-0.2, 0) is 70.1 Å². The molecule has 0 unspecified atom stereocenters. The molecule has 0 atom stereocenters. The molecule has 2 N–H and O–H groups in total. The minimum atomic E-state index is -1.83. The third kappa shape index (κ3) is 151. The van der Waals surface area contributed by atoms with Crippen molar-refractivity contribution < 1.29 is 85.1 Å². The Hall–Kier alpha value is 1.43. The van der Waals surface area contributed by atoms with Gasteiger partial charge in [0.25, 0.3) is 0 Å². The molecule has 0 bridgehead atoms. The fourth-order valence-corrected chi connectivity index (χ4v) is 0. The summed E-state index contributed by atoms with van der Waals surface area (Å²) in [4.78, 5) is 8.56. The van der Waals surface area contributed by atoms with E-state index in [4.69, 9.17) is 15.0 Å².